The molecule has 3 fully saturated rings. The Labute approximate surface area is 79.7 Å². The molecule has 0 amide bonds. The van der Waals surface area contributed by atoms with Gasteiger partial charge >= 0.3 is 0 Å². The molecule has 0 heterocycles. The lowest BCUT2D eigenvalue weighted by Crippen LogP contribution is -2.51. The molecule has 0 radical (unpaired) electrons. The van der Waals surface area contributed by atoms with Crippen LogP contribution in [0, 0.1) is 17.8 Å². The van der Waals surface area contributed by atoms with E-state index in [1.807, 2.05) is 0 Å². The molecule has 3 aliphatic carbocycles. The van der Waals surface area contributed by atoms with E-state index in [-0.39, 0.29) is 6.10 Å². The van der Waals surface area contributed by atoms with Crippen molar-refractivity contribution < 1.29 is 5.11 Å². The summed E-state index contributed by atoms with van der Waals surface area (Å²) in [6.45, 7) is 2.19. The van der Waals surface area contributed by atoms with Crippen LogP contribution < -0.4 is 5.32 Å². The largest absolute Gasteiger partial charge is 0.393 e. The smallest absolute Gasteiger partial charge is 0.0597 e. The summed E-state index contributed by atoms with van der Waals surface area (Å²) >= 11 is 0. The zero-order valence-electron chi connectivity index (χ0n) is 8.24. The maximum absolute atomic E-state index is 9.83. The van der Waals surface area contributed by atoms with Gasteiger partial charge in [-0.25, -0.2) is 0 Å². The minimum Gasteiger partial charge on any atom is -0.393 e. The van der Waals surface area contributed by atoms with E-state index in [0.29, 0.717) is 11.8 Å². The van der Waals surface area contributed by atoms with E-state index >= 15 is 0 Å². The van der Waals surface area contributed by atoms with Gasteiger partial charge < -0.3 is 10.4 Å². The molecule has 0 aromatic rings. The van der Waals surface area contributed by atoms with Crippen molar-refractivity contribution in [3.63, 3.8) is 0 Å². The fourth-order valence-corrected chi connectivity index (χ4v) is 3.21. The maximum Gasteiger partial charge on any atom is 0.0597 e. The minimum absolute atomic E-state index is 0.00209. The lowest BCUT2D eigenvalue weighted by atomic mass is 9.71. The van der Waals surface area contributed by atoms with Crippen molar-refractivity contribution in [2.24, 2.45) is 17.8 Å². The monoisotopic (exact) mass is 181 g/mol. The van der Waals surface area contributed by atoms with Gasteiger partial charge in [-0.15, -0.1) is 0 Å². The quantitative estimate of drug-likeness (QED) is 0.669. The van der Waals surface area contributed by atoms with Gasteiger partial charge in [0.25, 0.3) is 0 Å². The molecule has 0 aromatic heterocycles. The summed E-state index contributed by atoms with van der Waals surface area (Å²) in [7, 11) is 0. The molecule has 0 spiro atoms. The average molecular weight is 181 g/mol. The highest BCUT2D eigenvalue weighted by Crippen LogP contribution is 2.50. The van der Waals surface area contributed by atoms with Gasteiger partial charge in [0, 0.05) is 12.1 Å². The SMILES string of the molecule is C[C@@H]1CC2C(C[C@H]2NC2CC2)[C@H]1O. The van der Waals surface area contributed by atoms with Crippen molar-refractivity contribution >= 4 is 0 Å². The zero-order chi connectivity index (χ0) is 9.00. The summed E-state index contributed by atoms with van der Waals surface area (Å²) in [5.74, 6) is 1.97. The van der Waals surface area contributed by atoms with Crippen molar-refractivity contribution in [3.8, 4) is 0 Å². The number of rotatable bonds is 2. The number of hydrogen-bond acceptors (Lipinski definition) is 2. The fraction of sp³-hybridized carbons (Fsp3) is 1.00. The van der Waals surface area contributed by atoms with Crippen molar-refractivity contribution in [1.29, 1.82) is 0 Å². The van der Waals surface area contributed by atoms with Gasteiger partial charge in [-0.3, -0.25) is 0 Å². The van der Waals surface area contributed by atoms with Crippen LogP contribution in [-0.4, -0.2) is 23.3 Å². The third-order valence-corrected chi connectivity index (χ3v) is 4.29. The molecule has 0 aliphatic heterocycles. The highest BCUT2D eigenvalue weighted by Gasteiger charge is 2.52. The predicted molar refractivity (Wildman–Crippen MR) is 51.3 cm³/mol. The van der Waals surface area contributed by atoms with Crippen LogP contribution in [0.5, 0.6) is 0 Å². The van der Waals surface area contributed by atoms with Gasteiger partial charge in [0.1, 0.15) is 0 Å². The molecule has 3 aliphatic rings. The van der Waals surface area contributed by atoms with E-state index < -0.39 is 0 Å². The summed E-state index contributed by atoms with van der Waals surface area (Å²) in [4.78, 5) is 0. The van der Waals surface area contributed by atoms with Crippen LogP contribution in [0.2, 0.25) is 0 Å². The lowest BCUT2D eigenvalue weighted by Gasteiger charge is -2.42. The second-order valence-electron chi connectivity index (χ2n) is 5.31. The number of aliphatic hydroxyl groups is 1. The Hall–Kier alpha value is -0.0800. The molecule has 3 saturated carbocycles. The van der Waals surface area contributed by atoms with Crippen molar-refractivity contribution in [1.82, 2.24) is 5.32 Å². The Morgan fingerprint density at radius 1 is 1.15 bits per heavy atom. The Morgan fingerprint density at radius 3 is 2.54 bits per heavy atom. The topological polar surface area (TPSA) is 32.3 Å². The molecule has 2 unspecified atom stereocenters. The van der Waals surface area contributed by atoms with Crippen LogP contribution in [0.3, 0.4) is 0 Å². The summed E-state index contributed by atoms with van der Waals surface area (Å²) < 4.78 is 0. The van der Waals surface area contributed by atoms with Crippen LogP contribution in [0.1, 0.15) is 32.6 Å². The molecule has 13 heavy (non-hydrogen) atoms. The summed E-state index contributed by atoms with van der Waals surface area (Å²) in [5.41, 5.74) is 0. The molecule has 2 N–H and O–H groups in total. The zero-order valence-corrected chi connectivity index (χ0v) is 8.24. The molecule has 2 nitrogen and oxygen atoms in total. The first kappa shape index (κ1) is 8.25. The second kappa shape index (κ2) is 2.71. The van der Waals surface area contributed by atoms with Crippen LogP contribution in [0.4, 0.5) is 0 Å². The Morgan fingerprint density at radius 2 is 1.92 bits per heavy atom. The van der Waals surface area contributed by atoms with E-state index in [0.717, 1.165) is 18.0 Å². The van der Waals surface area contributed by atoms with Crippen molar-refractivity contribution in [3.05, 3.63) is 0 Å². The molecule has 2 heteroatoms. The van der Waals surface area contributed by atoms with Crippen molar-refractivity contribution in [2.75, 3.05) is 0 Å². The van der Waals surface area contributed by atoms with Gasteiger partial charge in [0.2, 0.25) is 0 Å². The Bertz CT molecular complexity index is 214. The van der Waals surface area contributed by atoms with Gasteiger partial charge in [-0.1, -0.05) is 6.92 Å². The molecule has 0 saturated heterocycles. The lowest BCUT2D eigenvalue weighted by molar-refractivity contribution is 0.0265. The molecule has 74 valence electrons. The summed E-state index contributed by atoms with van der Waals surface area (Å²) in [6, 6.07) is 1.58. The van der Waals surface area contributed by atoms with Crippen molar-refractivity contribution in [2.45, 2.75) is 50.8 Å². The molecular weight excluding hydrogens is 162 g/mol. The first-order valence-corrected chi connectivity index (χ1v) is 5.70. The summed E-state index contributed by atoms with van der Waals surface area (Å²) in [6.07, 6.45) is 5.24. The van der Waals surface area contributed by atoms with Gasteiger partial charge in [-0.05, 0) is 43.4 Å². The molecule has 3 rings (SSSR count). The third-order valence-electron chi connectivity index (χ3n) is 4.29. The highest BCUT2D eigenvalue weighted by atomic mass is 16.3. The first-order valence-electron chi connectivity index (χ1n) is 5.70. The normalized spacial score (nSPS) is 54.5. The van der Waals surface area contributed by atoms with E-state index in [9.17, 15) is 5.11 Å². The number of fused-ring (bicyclic) bond motifs is 1. The number of nitrogens with one attached hydrogen (secondary N) is 1. The van der Waals surface area contributed by atoms with E-state index in [1.165, 1.54) is 25.7 Å². The molecule has 0 aromatic carbocycles. The minimum atomic E-state index is 0.00209. The van der Waals surface area contributed by atoms with Crippen LogP contribution in [0.25, 0.3) is 0 Å². The van der Waals surface area contributed by atoms with E-state index in [4.69, 9.17) is 0 Å². The van der Waals surface area contributed by atoms with Gasteiger partial charge in [0.05, 0.1) is 6.10 Å². The average Bonchev–Trinajstić information content (AvgIpc) is 2.86. The number of hydrogen-bond donors (Lipinski definition) is 2. The maximum atomic E-state index is 9.83. The standard InChI is InChI=1S/C11H19NO/c1-6-4-8-9(11(6)13)5-10(8)12-7-2-3-7/h6-13H,2-5H2,1H3/t6-,8?,9?,10-,11+/m1/s1. The number of aliphatic hydroxyl groups excluding tert-OH is 1. The van der Waals surface area contributed by atoms with Gasteiger partial charge in [0.15, 0.2) is 0 Å². The highest BCUT2D eigenvalue weighted by molar-refractivity contribution is 5.05. The van der Waals surface area contributed by atoms with Gasteiger partial charge in [-0.2, -0.15) is 0 Å². The van der Waals surface area contributed by atoms with Crippen LogP contribution in [0.15, 0.2) is 0 Å². The molecule has 5 atom stereocenters. The van der Waals surface area contributed by atoms with Crippen LogP contribution in [-0.2, 0) is 0 Å². The van der Waals surface area contributed by atoms with E-state index in [2.05, 4.69) is 12.2 Å². The molecule has 0 bridgehead atoms. The Balaban J connectivity index is 1.59. The Kier molecular flexibility index (Phi) is 1.72. The first-order chi connectivity index (χ1) is 6.25. The third kappa shape index (κ3) is 1.23. The fourth-order valence-electron chi connectivity index (χ4n) is 3.21. The van der Waals surface area contributed by atoms with Crippen LogP contribution >= 0.6 is 0 Å². The van der Waals surface area contributed by atoms with E-state index in [1.54, 1.807) is 0 Å². The second-order valence-corrected chi connectivity index (χ2v) is 5.31. The molecular formula is C11H19NO. The predicted octanol–water partition coefficient (Wildman–Crippen LogP) is 1.14. The summed E-state index contributed by atoms with van der Waals surface area (Å²) in [5, 5.41) is 13.5.